The molecule has 0 saturated carbocycles. The highest BCUT2D eigenvalue weighted by Gasteiger charge is 2.07. The van der Waals surface area contributed by atoms with E-state index in [4.69, 9.17) is 5.11 Å². The third kappa shape index (κ3) is 4.61. The van der Waals surface area contributed by atoms with Gasteiger partial charge < -0.3 is 15.7 Å². The molecule has 3 N–H and O–H groups in total. The van der Waals surface area contributed by atoms with E-state index in [0.717, 1.165) is 17.8 Å². The van der Waals surface area contributed by atoms with Gasteiger partial charge in [0.15, 0.2) is 0 Å². The smallest absolute Gasteiger partial charge is 0.319 e. The van der Waals surface area contributed by atoms with Crippen molar-refractivity contribution in [1.82, 2.24) is 15.1 Å². The number of benzene rings is 1. The molecule has 1 unspecified atom stereocenters. The first-order chi connectivity index (χ1) is 10.2. The summed E-state index contributed by atoms with van der Waals surface area (Å²) < 4.78 is 1.75. The summed E-state index contributed by atoms with van der Waals surface area (Å²) in [5.41, 5.74) is 1.65. The number of nitrogens with one attached hydrogen (secondary N) is 2. The van der Waals surface area contributed by atoms with Crippen molar-refractivity contribution in [2.45, 2.75) is 25.8 Å². The molecule has 2 rings (SSSR count). The molecule has 21 heavy (non-hydrogen) atoms. The number of aromatic nitrogens is 2. The average Bonchev–Trinajstić information content (AvgIpc) is 3.00. The molecular weight excluding hydrogens is 268 g/mol. The van der Waals surface area contributed by atoms with Gasteiger partial charge in [0.25, 0.3) is 0 Å². The van der Waals surface area contributed by atoms with Crippen LogP contribution in [0, 0.1) is 0 Å². The lowest BCUT2D eigenvalue weighted by Crippen LogP contribution is -2.36. The minimum absolute atomic E-state index is 0.0282. The Morgan fingerprint density at radius 1 is 1.38 bits per heavy atom. The first-order valence-electron chi connectivity index (χ1n) is 6.97. The normalized spacial score (nSPS) is 11.9. The fraction of sp³-hybridized carbons (Fsp3) is 0.333. The predicted molar refractivity (Wildman–Crippen MR) is 81.5 cm³/mol. The Hall–Kier alpha value is -2.34. The van der Waals surface area contributed by atoms with Crippen molar-refractivity contribution in [2.75, 3.05) is 11.9 Å². The van der Waals surface area contributed by atoms with E-state index >= 15 is 0 Å². The van der Waals surface area contributed by atoms with E-state index in [1.165, 1.54) is 0 Å². The van der Waals surface area contributed by atoms with Crippen LogP contribution >= 0.6 is 0 Å². The molecule has 2 amide bonds. The molecule has 1 aromatic heterocycles. The minimum atomic E-state index is -0.243. The maximum atomic E-state index is 11.8. The number of amides is 2. The summed E-state index contributed by atoms with van der Waals surface area (Å²) in [5, 5.41) is 18.5. The molecule has 1 aromatic carbocycles. The minimum Gasteiger partial charge on any atom is -0.396 e. The molecule has 0 spiro atoms. The summed E-state index contributed by atoms with van der Waals surface area (Å²) in [6.07, 6.45) is 5.01. The van der Waals surface area contributed by atoms with Gasteiger partial charge in [-0.2, -0.15) is 5.10 Å². The predicted octanol–water partition coefficient (Wildman–Crippen LogP) is 2.15. The zero-order valence-electron chi connectivity index (χ0n) is 12.0. The maximum absolute atomic E-state index is 11.8. The second-order valence-electron chi connectivity index (χ2n) is 4.86. The molecule has 0 saturated heterocycles. The molecule has 6 heteroatoms. The van der Waals surface area contributed by atoms with Gasteiger partial charge in [-0.25, -0.2) is 9.48 Å². The Bertz CT molecular complexity index is 552. The van der Waals surface area contributed by atoms with Crippen molar-refractivity contribution in [3.63, 3.8) is 0 Å². The molecular formula is C15H20N4O2. The van der Waals surface area contributed by atoms with Crippen LogP contribution < -0.4 is 10.6 Å². The molecule has 0 aliphatic carbocycles. The number of anilines is 1. The first kappa shape index (κ1) is 15.1. The van der Waals surface area contributed by atoms with Gasteiger partial charge in [0.1, 0.15) is 0 Å². The topological polar surface area (TPSA) is 79.2 Å². The number of rotatable bonds is 6. The van der Waals surface area contributed by atoms with Crippen LogP contribution in [0.25, 0.3) is 5.69 Å². The molecule has 0 fully saturated rings. The maximum Gasteiger partial charge on any atom is 0.319 e. The van der Waals surface area contributed by atoms with Crippen molar-refractivity contribution in [2.24, 2.45) is 0 Å². The molecule has 0 bridgehead atoms. The molecule has 6 nitrogen and oxygen atoms in total. The number of carbonyl (C=O) groups excluding carboxylic acids is 1. The lowest BCUT2D eigenvalue weighted by Gasteiger charge is -2.14. The molecule has 2 aromatic rings. The Morgan fingerprint density at radius 3 is 2.76 bits per heavy atom. The Kier molecular flexibility index (Phi) is 5.34. The highest BCUT2D eigenvalue weighted by Crippen LogP contribution is 2.12. The lowest BCUT2D eigenvalue weighted by molar-refractivity contribution is 0.245. The Labute approximate surface area is 123 Å². The van der Waals surface area contributed by atoms with Crippen molar-refractivity contribution < 1.29 is 9.90 Å². The van der Waals surface area contributed by atoms with E-state index in [2.05, 4.69) is 15.7 Å². The summed E-state index contributed by atoms with van der Waals surface area (Å²) in [6.45, 7) is 2.05. The van der Waals surface area contributed by atoms with Crippen LogP contribution in [0.2, 0.25) is 0 Å². The van der Waals surface area contributed by atoms with Gasteiger partial charge in [-0.3, -0.25) is 0 Å². The summed E-state index contributed by atoms with van der Waals surface area (Å²) in [7, 11) is 0. The van der Waals surface area contributed by atoms with Crippen LogP contribution in [0.4, 0.5) is 10.5 Å². The van der Waals surface area contributed by atoms with Crippen LogP contribution in [0.1, 0.15) is 19.8 Å². The van der Waals surface area contributed by atoms with Crippen LogP contribution in [-0.2, 0) is 0 Å². The summed E-state index contributed by atoms with van der Waals surface area (Å²) >= 11 is 0. The van der Waals surface area contributed by atoms with Crippen molar-refractivity contribution >= 4 is 11.7 Å². The summed E-state index contributed by atoms with van der Waals surface area (Å²) in [4.78, 5) is 11.8. The highest BCUT2D eigenvalue weighted by atomic mass is 16.3. The standard InChI is InChI=1S/C15H20N4O2/c1-12(4-2-11-20)17-15(21)18-13-5-7-14(8-6-13)19-10-3-9-16-19/h3,5-10,12,20H,2,4,11H2,1H3,(H2,17,18,21). The first-order valence-corrected chi connectivity index (χ1v) is 6.97. The SMILES string of the molecule is CC(CCCO)NC(=O)Nc1ccc(-n2cccn2)cc1. The van der Waals surface area contributed by atoms with E-state index in [0.29, 0.717) is 6.42 Å². The van der Waals surface area contributed by atoms with Crippen molar-refractivity contribution in [1.29, 1.82) is 0 Å². The molecule has 0 aliphatic rings. The van der Waals surface area contributed by atoms with Gasteiger partial charge in [0.2, 0.25) is 0 Å². The number of urea groups is 1. The van der Waals surface area contributed by atoms with Crippen LogP contribution in [0.3, 0.4) is 0 Å². The average molecular weight is 288 g/mol. The van der Waals surface area contributed by atoms with E-state index < -0.39 is 0 Å². The quantitative estimate of drug-likeness (QED) is 0.762. The third-order valence-electron chi connectivity index (χ3n) is 3.07. The van der Waals surface area contributed by atoms with Crippen LogP contribution in [0.5, 0.6) is 0 Å². The highest BCUT2D eigenvalue weighted by molar-refractivity contribution is 5.89. The van der Waals surface area contributed by atoms with Gasteiger partial charge >= 0.3 is 6.03 Å². The molecule has 0 aliphatic heterocycles. The zero-order valence-corrected chi connectivity index (χ0v) is 12.0. The third-order valence-corrected chi connectivity index (χ3v) is 3.07. The molecule has 0 radical (unpaired) electrons. The van der Waals surface area contributed by atoms with E-state index in [1.807, 2.05) is 43.5 Å². The zero-order chi connectivity index (χ0) is 15.1. The van der Waals surface area contributed by atoms with Gasteiger partial charge in [-0.15, -0.1) is 0 Å². The Morgan fingerprint density at radius 2 is 2.14 bits per heavy atom. The largest absolute Gasteiger partial charge is 0.396 e. The van der Waals surface area contributed by atoms with Crippen molar-refractivity contribution in [3.05, 3.63) is 42.7 Å². The van der Waals surface area contributed by atoms with Gasteiger partial charge in [0, 0.05) is 30.7 Å². The number of hydrogen-bond donors (Lipinski definition) is 3. The fourth-order valence-electron chi connectivity index (χ4n) is 1.98. The van der Waals surface area contributed by atoms with E-state index in [1.54, 1.807) is 10.9 Å². The van der Waals surface area contributed by atoms with Gasteiger partial charge in [0.05, 0.1) is 5.69 Å². The van der Waals surface area contributed by atoms with Gasteiger partial charge in [-0.05, 0) is 50.1 Å². The molecule has 1 heterocycles. The lowest BCUT2D eigenvalue weighted by atomic mass is 10.2. The van der Waals surface area contributed by atoms with E-state index in [9.17, 15) is 4.79 Å². The number of nitrogens with zero attached hydrogens (tertiary/aromatic N) is 2. The summed E-state index contributed by atoms with van der Waals surface area (Å²) in [6, 6.07) is 9.07. The van der Waals surface area contributed by atoms with E-state index in [-0.39, 0.29) is 18.7 Å². The number of carbonyl (C=O) groups is 1. The molecule has 1 atom stereocenters. The Balaban J connectivity index is 1.87. The monoisotopic (exact) mass is 288 g/mol. The fourth-order valence-corrected chi connectivity index (χ4v) is 1.98. The van der Waals surface area contributed by atoms with Crippen LogP contribution in [-0.4, -0.2) is 33.6 Å². The van der Waals surface area contributed by atoms with Crippen molar-refractivity contribution in [3.8, 4) is 5.69 Å². The number of aliphatic hydroxyl groups is 1. The number of aliphatic hydroxyl groups excluding tert-OH is 1. The second-order valence-corrected chi connectivity index (χ2v) is 4.86. The summed E-state index contributed by atoms with van der Waals surface area (Å²) in [5.74, 6) is 0. The second kappa shape index (κ2) is 7.44. The van der Waals surface area contributed by atoms with Gasteiger partial charge in [-0.1, -0.05) is 0 Å². The molecule has 112 valence electrons. The van der Waals surface area contributed by atoms with Crippen LogP contribution in [0.15, 0.2) is 42.7 Å². The number of hydrogen-bond acceptors (Lipinski definition) is 3.